The Kier molecular flexibility index (Phi) is 4.49. The molecule has 136 valence electrons. The number of hydrogen-bond donors (Lipinski definition) is 1. The Morgan fingerprint density at radius 2 is 2.15 bits per heavy atom. The van der Waals surface area contributed by atoms with Crippen molar-refractivity contribution in [2.45, 2.75) is 33.2 Å². The van der Waals surface area contributed by atoms with E-state index in [0.29, 0.717) is 23.3 Å². The maximum atomic E-state index is 12.7. The summed E-state index contributed by atoms with van der Waals surface area (Å²) in [6, 6.07) is 10.0. The number of piperidine rings is 1. The molecule has 1 saturated heterocycles. The van der Waals surface area contributed by atoms with Crippen molar-refractivity contribution in [2.75, 3.05) is 18.0 Å². The maximum Gasteiger partial charge on any atom is 0.328 e. The minimum atomic E-state index is -0.149. The van der Waals surface area contributed by atoms with Crippen LogP contribution in [0.1, 0.15) is 30.9 Å². The van der Waals surface area contributed by atoms with Gasteiger partial charge in [-0.1, -0.05) is 42.8 Å². The lowest BCUT2D eigenvalue weighted by atomic mass is 10.00. The molecule has 1 atom stereocenters. The fourth-order valence-electron chi connectivity index (χ4n) is 3.88. The molecule has 2 aromatic heterocycles. The van der Waals surface area contributed by atoms with E-state index in [4.69, 9.17) is 11.6 Å². The molecule has 0 spiro atoms. The number of H-pyrrole nitrogens is 1. The Morgan fingerprint density at radius 1 is 1.35 bits per heavy atom. The molecule has 0 amide bonds. The minimum absolute atomic E-state index is 0.149. The van der Waals surface area contributed by atoms with Crippen LogP contribution in [0.25, 0.3) is 11.2 Å². The van der Waals surface area contributed by atoms with Crippen LogP contribution in [-0.2, 0) is 6.54 Å². The number of nitrogens with one attached hydrogen (secondary N) is 1. The highest BCUT2D eigenvalue weighted by Crippen LogP contribution is 2.31. The molecule has 0 radical (unpaired) electrons. The van der Waals surface area contributed by atoms with Gasteiger partial charge in [-0.3, -0.25) is 9.55 Å². The second-order valence-electron chi connectivity index (χ2n) is 7.30. The van der Waals surface area contributed by atoms with Gasteiger partial charge in [-0.2, -0.15) is 0 Å². The van der Waals surface area contributed by atoms with Gasteiger partial charge >= 0.3 is 5.69 Å². The van der Waals surface area contributed by atoms with Crippen molar-refractivity contribution in [1.82, 2.24) is 14.5 Å². The van der Waals surface area contributed by atoms with Gasteiger partial charge in [0.25, 0.3) is 0 Å². The van der Waals surface area contributed by atoms with Crippen molar-refractivity contribution in [2.24, 2.45) is 5.92 Å². The Labute approximate surface area is 157 Å². The molecule has 3 aromatic rings. The SMILES string of the molecule is Cc1ccccc1Cn1c(=O)[nH]c2nc(Cl)cc(N3CCCC(C)C3)c21. The largest absolute Gasteiger partial charge is 0.369 e. The van der Waals surface area contributed by atoms with E-state index >= 15 is 0 Å². The standard InChI is InChI=1S/C20H23ClN4O/c1-13-6-5-9-24(11-13)16-10-17(21)22-19-18(16)25(20(26)23-19)12-15-8-4-3-7-14(15)2/h3-4,7-8,10,13H,5-6,9,11-12H2,1-2H3,(H,22,23,26). The second-order valence-corrected chi connectivity index (χ2v) is 7.68. The maximum absolute atomic E-state index is 12.7. The zero-order valence-corrected chi connectivity index (χ0v) is 15.9. The van der Waals surface area contributed by atoms with E-state index in [1.807, 2.05) is 18.2 Å². The van der Waals surface area contributed by atoms with Crippen molar-refractivity contribution in [3.05, 3.63) is 57.1 Å². The summed E-state index contributed by atoms with van der Waals surface area (Å²) in [6.45, 7) is 6.80. The van der Waals surface area contributed by atoms with Crippen molar-refractivity contribution in [1.29, 1.82) is 0 Å². The number of anilines is 1. The molecule has 4 rings (SSSR count). The molecule has 0 bridgehead atoms. The molecule has 0 aliphatic carbocycles. The Morgan fingerprint density at radius 3 is 2.92 bits per heavy atom. The number of halogens is 1. The first-order valence-electron chi connectivity index (χ1n) is 9.11. The predicted molar refractivity (Wildman–Crippen MR) is 106 cm³/mol. The van der Waals surface area contributed by atoms with Gasteiger partial charge in [0.1, 0.15) is 10.7 Å². The van der Waals surface area contributed by atoms with Crippen LogP contribution in [0, 0.1) is 12.8 Å². The minimum Gasteiger partial charge on any atom is -0.369 e. The normalized spacial score (nSPS) is 17.8. The molecule has 6 heteroatoms. The Balaban J connectivity index is 1.87. The lowest BCUT2D eigenvalue weighted by Crippen LogP contribution is -2.34. The van der Waals surface area contributed by atoms with Crippen LogP contribution in [0.2, 0.25) is 5.15 Å². The number of pyridine rings is 1. The van der Waals surface area contributed by atoms with E-state index in [9.17, 15) is 4.79 Å². The van der Waals surface area contributed by atoms with Gasteiger partial charge in [0.2, 0.25) is 0 Å². The number of hydrogen-bond acceptors (Lipinski definition) is 3. The molecule has 3 heterocycles. The quantitative estimate of drug-likeness (QED) is 0.710. The van der Waals surface area contributed by atoms with E-state index in [2.05, 4.69) is 40.8 Å². The van der Waals surface area contributed by atoms with Gasteiger partial charge < -0.3 is 4.90 Å². The fraction of sp³-hybridized carbons (Fsp3) is 0.400. The first-order valence-corrected chi connectivity index (χ1v) is 9.49. The molecule has 0 saturated carbocycles. The molecule has 1 N–H and O–H groups in total. The van der Waals surface area contributed by atoms with Gasteiger partial charge in [0.05, 0.1) is 12.2 Å². The monoisotopic (exact) mass is 370 g/mol. The van der Waals surface area contributed by atoms with Gasteiger partial charge in [-0.25, -0.2) is 9.78 Å². The molecule has 26 heavy (non-hydrogen) atoms. The highest BCUT2D eigenvalue weighted by molar-refractivity contribution is 6.30. The summed E-state index contributed by atoms with van der Waals surface area (Å²) >= 11 is 6.26. The van der Waals surface area contributed by atoms with E-state index in [1.54, 1.807) is 4.57 Å². The number of aromatic amines is 1. The summed E-state index contributed by atoms with van der Waals surface area (Å²) in [6.07, 6.45) is 2.39. The number of aryl methyl sites for hydroxylation is 1. The fourth-order valence-corrected chi connectivity index (χ4v) is 4.06. The Hall–Kier alpha value is -2.27. The summed E-state index contributed by atoms with van der Waals surface area (Å²) in [5.41, 5.74) is 4.55. The second kappa shape index (κ2) is 6.80. The third-order valence-corrected chi connectivity index (χ3v) is 5.46. The van der Waals surface area contributed by atoms with E-state index in [1.165, 1.54) is 12.0 Å². The lowest BCUT2D eigenvalue weighted by molar-refractivity contribution is 0.447. The van der Waals surface area contributed by atoms with Crippen LogP contribution in [0.15, 0.2) is 35.1 Å². The first-order chi connectivity index (χ1) is 12.5. The van der Waals surface area contributed by atoms with Crippen molar-refractivity contribution in [3.63, 3.8) is 0 Å². The first kappa shape index (κ1) is 17.2. The summed E-state index contributed by atoms with van der Waals surface area (Å²) in [5.74, 6) is 0.626. The zero-order valence-electron chi connectivity index (χ0n) is 15.1. The highest BCUT2D eigenvalue weighted by Gasteiger charge is 2.22. The van der Waals surface area contributed by atoms with E-state index in [-0.39, 0.29) is 5.69 Å². The summed E-state index contributed by atoms with van der Waals surface area (Å²) < 4.78 is 1.79. The molecule has 5 nitrogen and oxygen atoms in total. The van der Waals surface area contributed by atoms with Crippen LogP contribution in [-0.4, -0.2) is 27.6 Å². The molecule has 1 fully saturated rings. The summed E-state index contributed by atoms with van der Waals surface area (Å²) in [4.78, 5) is 22.3. The van der Waals surface area contributed by atoms with Crippen LogP contribution in [0.5, 0.6) is 0 Å². The Bertz CT molecular complexity index is 1010. The third kappa shape index (κ3) is 3.12. The smallest absolute Gasteiger partial charge is 0.328 e. The van der Waals surface area contributed by atoms with Crippen LogP contribution < -0.4 is 10.6 Å². The third-order valence-electron chi connectivity index (χ3n) is 5.27. The predicted octanol–water partition coefficient (Wildman–Crippen LogP) is 3.97. The molecular weight excluding hydrogens is 348 g/mol. The average molecular weight is 371 g/mol. The number of imidazole rings is 1. The van der Waals surface area contributed by atoms with Crippen molar-refractivity contribution >= 4 is 28.5 Å². The van der Waals surface area contributed by atoms with Gasteiger partial charge in [-0.05, 0) is 36.8 Å². The highest BCUT2D eigenvalue weighted by atomic mass is 35.5. The van der Waals surface area contributed by atoms with Gasteiger partial charge in [-0.15, -0.1) is 0 Å². The molecule has 1 aliphatic heterocycles. The zero-order chi connectivity index (χ0) is 18.3. The number of fused-ring (bicyclic) bond motifs is 1. The number of benzene rings is 1. The van der Waals surface area contributed by atoms with E-state index in [0.717, 1.165) is 36.3 Å². The lowest BCUT2D eigenvalue weighted by Gasteiger charge is -2.33. The topological polar surface area (TPSA) is 53.9 Å². The molecule has 1 aromatic carbocycles. The summed E-state index contributed by atoms with van der Waals surface area (Å²) in [7, 11) is 0. The molecule has 1 unspecified atom stereocenters. The number of aromatic nitrogens is 3. The van der Waals surface area contributed by atoms with Gasteiger partial charge in [0.15, 0.2) is 5.65 Å². The van der Waals surface area contributed by atoms with Gasteiger partial charge in [0, 0.05) is 19.2 Å². The number of nitrogens with zero attached hydrogens (tertiary/aromatic N) is 3. The average Bonchev–Trinajstić information content (AvgIpc) is 2.91. The molecule has 1 aliphatic rings. The number of rotatable bonds is 3. The molecular formula is C20H23ClN4O. The van der Waals surface area contributed by atoms with Crippen molar-refractivity contribution in [3.8, 4) is 0 Å². The van der Waals surface area contributed by atoms with Crippen LogP contribution in [0.3, 0.4) is 0 Å². The van der Waals surface area contributed by atoms with Crippen LogP contribution in [0.4, 0.5) is 5.69 Å². The summed E-state index contributed by atoms with van der Waals surface area (Å²) in [5, 5.41) is 0.412. The van der Waals surface area contributed by atoms with E-state index < -0.39 is 0 Å². The van der Waals surface area contributed by atoms with Crippen LogP contribution >= 0.6 is 11.6 Å². The van der Waals surface area contributed by atoms with Crippen molar-refractivity contribution < 1.29 is 0 Å².